The van der Waals surface area contributed by atoms with Crippen molar-refractivity contribution in [2.75, 3.05) is 14.2 Å². The molecule has 0 aliphatic carbocycles. The van der Waals surface area contributed by atoms with Crippen LogP contribution in [-0.2, 0) is 13.1 Å². The number of nitrogens with zero attached hydrogens (tertiary/aromatic N) is 2. The summed E-state index contributed by atoms with van der Waals surface area (Å²) in [5.41, 5.74) is 8.27. The van der Waals surface area contributed by atoms with Gasteiger partial charge in [0.2, 0.25) is 0 Å². The molecule has 0 saturated carbocycles. The molecule has 0 bridgehead atoms. The van der Waals surface area contributed by atoms with Crippen LogP contribution in [0.1, 0.15) is 16.8 Å². The number of pyridine rings is 1. The van der Waals surface area contributed by atoms with Crippen LogP contribution in [0.5, 0.6) is 5.75 Å². The highest BCUT2D eigenvalue weighted by Gasteiger charge is 2.09. The second kappa shape index (κ2) is 6.85. The molecule has 1 aromatic carbocycles. The first-order chi connectivity index (χ1) is 10.1. The van der Waals surface area contributed by atoms with Gasteiger partial charge in [-0.15, -0.1) is 0 Å². The van der Waals surface area contributed by atoms with Gasteiger partial charge in [-0.05, 0) is 37.4 Å². The number of benzene rings is 1. The minimum absolute atomic E-state index is 0.0614. The molecular formula is C16H20N4O. The molecule has 0 aliphatic heterocycles. The summed E-state index contributed by atoms with van der Waals surface area (Å²) in [5.74, 6) is 0.860. The van der Waals surface area contributed by atoms with Crippen molar-refractivity contribution in [1.82, 2.24) is 9.88 Å². The third-order valence-electron chi connectivity index (χ3n) is 3.19. The van der Waals surface area contributed by atoms with Crippen LogP contribution < -0.4 is 10.5 Å². The van der Waals surface area contributed by atoms with Gasteiger partial charge in [0.1, 0.15) is 11.6 Å². The fourth-order valence-corrected chi connectivity index (χ4v) is 2.18. The molecular weight excluding hydrogens is 264 g/mol. The Morgan fingerprint density at radius 1 is 1.29 bits per heavy atom. The van der Waals surface area contributed by atoms with Gasteiger partial charge in [0, 0.05) is 30.4 Å². The van der Waals surface area contributed by atoms with Crippen molar-refractivity contribution in [3.05, 3.63) is 59.4 Å². The van der Waals surface area contributed by atoms with Crippen LogP contribution in [0.4, 0.5) is 0 Å². The SMILES string of the molecule is COc1ccc(C(=N)N)cc1CN(C)Cc1ccccn1. The maximum absolute atomic E-state index is 7.53. The molecule has 0 radical (unpaired) electrons. The van der Waals surface area contributed by atoms with E-state index in [2.05, 4.69) is 9.88 Å². The normalized spacial score (nSPS) is 10.6. The van der Waals surface area contributed by atoms with Crippen LogP contribution in [0.15, 0.2) is 42.6 Å². The van der Waals surface area contributed by atoms with Gasteiger partial charge in [0.25, 0.3) is 0 Å². The first kappa shape index (κ1) is 15.0. The quantitative estimate of drug-likeness (QED) is 0.628. The number of ether oxygens (including phenoxy) is 1. The smallest absolute Gasteiger partial charge is 0.123 e. The number of nitrogens with one attached hydrogen (secondary N) is 1. The number of hydrogen-bond donors (Lipinski definition) is 2. The molecule has 0 fully saturated rings. The van der Waals surface area contributed by atoms with Crippen LogP contribution in [-0.4, -0.2) is 29.9 Å². The number of nitrogen functional groups attached to an aromatic ring is 1. The predicted molar refractivity (Wildman–Crippen MR) is 83.4 cm³/mol. The average molecular weight is 284 g/mol. The summed E-state index contributed by atoms with van der Waals surface area (Å²) in [5, 5.41) is 7.53. The Morgan fingerprint density at radius 3 is 2.71 bits per heavy atom. The van der Waals surface area contributed by atoms with Gasteiger partial charge >= 0.3 is 0 Å². The number of hydrogen-bond acceptors (Lipinski definition) is 4. The summed E-state index contributed by atoms with van der Waals surface area (Å²) in [6, 6.07) is 11.4. The molecule has 0 atom stereocenters. The fourth-order valence-electron chi connectivity index (χ4n) is 2.18. The van der Waals surface area contributed by atoms with Crippen molar-refractivity contribution >= 4 is 5.84 Å². The molecule has 110 valence electrons. The Kier molecular flexibility index (Phi) is 4.90. The topological polar surface area (TPSA) is 75.2 Å². The first-order valence-electron chi connectivity index (χ1n) is 6.70. The molecule has 2 rings (SSSR count). The molecule has 1 aromatic heterocycles. The lowest BCUT2D eigenvalue weighted by Gasteiger charge is -2.18. The number of aromatic nitrogens is 1. The second-order valence-corrected chi connectivity index (χ2v) is 4.93. The molecule has 0 spiro atoms. The third-order valence-corrected chi connectivity index (χ3v) is 3.19. The van der Waals surface area contributed by atoms with Crippen molar-refractivity contribution in [3.8, 4) is 5.75 Å². The summed E-state index contributed by atoms with van der Waals surface area (Å²) in [7, 11) is 3.67. The Hall–Kier alpha value is -2.40. The largest absolute Gasteiger partial charge is 0.496 e. The van der Waals surface area contributed by atoms with E-state index in [-0.39, 0.29) is 5.84 Å². The van der Waals surface area contributed by atoms with E-state index in [0.717, 1.165) is 23.6 Å². The molecule has 0 saturated heterocycles. The number of nitrogens with two attached hydrogens (primary N) is 1. The molecule has 21 heavy (non-hydrogen) atoms. The monoisotopic (exact) mass is 284 g/mol. The van der Waals surface area contributed by atoms with Gasteiger partial charge in [-0.25, -0.2) is 0 Å². The van der Waals surface area contributed by atoms with Crippen LogP contribution in [0.25, 0.3) is 0 Å². The van der Waals surface area contributed by atoms with Crippen molar-refractivity contribution in [3.63, 3.8) is 0 Å². The van der Waals surface area contributed by atoms with Crippen molar-refractivity contribution in [2.45, 2.75) is 13.1 Å². The van der Waals surface area contributed by atoms with E-state index in [0.29, 0.717) is 12.1 Å². The molecule has 1 heterocycles. The standard InChI is InChI=1S/C16H20N4O/c1-20(11-14-5-3-4-8-19-14)10-13-9-12(16(17)18)6-7-15(13)21-2/h3-9H,10-11H2,1-2H3,(H3,17,18). The molecule has 0 unspecified atom stereocenters. The van der Waals surface area contributed by atoms with Crippen molar-refractivity contribution in [2.24, 2.45) is 5.73 Å². The minimum atomic E-state index is 0.0614. The highest BCUT2D eigenvalue weighted by atomic mass is 16.5. The highest BCUT2D eigenvalue weighted by molar-refractivity contribution is 5.95. The number of methoxy groups -OCH3 is 1. The Morgan fingerprint density at radius 2 is 2.10 bits per heavy atom. The third kappa shape index (κ3) is 4.03. The Balaban J connectivity index is 2.13. The lowest BCUT2D eigenvalue weighted by molar-refractivity contribution is 0.306. The van der Waals surface area contributed by atoms with Crippen LogP contribution in [0.2, 0.25) is 0 Å². The Bertz CT molecular complexity index is 613. The van der Waals surface area contributed by atoms with Gasteiger partial charge in [0.15, 0.2) is 0 Å². The summed E-state index contributed by atoms with van der Waals surface area (Å²) in [4.78, 5) is 6.46. The zero-order valence-electron chi connectivity index (χ0n) is 12.3. The van der Waals surface area contributed by atoms with E-state index in [1.807, 2.05) is 37.4 Å². The minimum Gasteiger partial charge on any atom is -0.496 e. The number of amidine groups is 1. The van der Waals surface area contributed by atoms with E-state index in [4.69, 9.17) is 15.9 Å². The molecule has 0 amide bonds. The highest BCUT2D eigenvalue weighted by Crippen LogP contribution is 2.21. The lowest BCUT2D eigenvalue weighted by atomic mass is 10.1. The van der Waals surface area contributed by atoms with E-state index in [1.165, 1.54) is 0 Å². The number of rotatable bonds is 6. The van der Waals surface area contributed by atoms with Crippen molar-refractivity contribution in [1.29, 1.82) is 5.41 Å². The molecule has 3 N–H and O–H groups in total. The molecule has 2 aromatic rings. The first-order valence-corrected chi connectivity index (χ1v) is 6.70. The van der Waals surface area contributed by atoms with Crippen LogP contribution in [0.3, 0.4) is 0 Å². The van der Waals surface area contributed by atoms with Gasteiger partial charge in [-0.2, -0.15) is 0 Å². The Labute approximate surface area is 124 Å². The molecule has 5 heteroatoms. The molecule has 0 aliphatic rings. The molecule has 5 nitrogen and oxygen atoms in total. The zero-order chi connectivity index (χ0) is 15.2. The van der Waals surface area contributed by atoms with Crippen molar-refractivity contribution < 1.29 is 4.74 Å². The summed E-state index contributed by atoms with van der Waals surface area (Å²) in [6.45, 7) is 1.44. The van der Waals surface area contributed by atoms with E-state index in [9.17, 15) is 0 Å². The second-order valence-electron chi connectivity index (χ2n) is 4.93. The lowest BCUT2D eigenvalue weighted by Crippen LogP contribution is -2.19. The maximum Gasteiger partial charge on any atom is 0.123 e. The fraction of sp³-hybridized carbons (Fsp3) is 0.250. The average Bonchev–Trinajstić information content (AvgIpc) is 2.48. The van der Waals surface area contributed by atoms with E-state index < -0.39 is 0 Å². The summed E-state index contributed by atoms with van der Waals surface area (Å²) < 4.78 is 5.38. The summed E-state index contributed by atoms with van der Waals surface area (Å²) >= 11 is 0. The van der Waals surface area contributed by atoms with Crippen LogP contribution >= 0.6 is 0 Å². The maximum atomic E-state index is 7.53. The van der Waals surface area contributed by atoms with Crippen LogP contribution in [0, 0.1) is 5.41 Å². The van der Waals surface area contributed by atoms with Gasteiger partial charge in [-0.1, -0.05) is 6.07 Å². The van der Waals surface area contributed by atoms with Gasteiger partial charge in [0.05, 0.1) is 12.8 Å². The van der Waals surface area contributed by atoms with E-state index >= 15 is 0 Å². The zero-order valence-corrected chi connectivity index (χ0v) is 12.3. The van der Waals surface area contributed by atoms with Gasteiger partial charge in [-0.3, -0.25) is 15.3 Å². The van der Waals surface area contributed by atoms with E-state index in [1.54, 1.807) is 19.4 Å². The summed E-state index contributed by atoms with van der Waals surface area (Å²) in [6.07, 6.45) is 1.79. The predicted octanol–water partition coefficient (Wildman–Crippen LogP) is 2.01. The van der Waals surface area contributed by atoms with Gasteiger partial charge < -0.3 is 10.5 Å².